The van der Waals surface area contributed by atoms with Crippen LogP contribution in [0.2, 0.25) is 0 Å². The van der Waals surface area contributed by atoms with Crippen LogP contribution in [-0.4, -0.2) is 27.8 Å². The Morgan fingerprint density at radius 1 is 1.33 bits per heavy atom. The van der Waals surface area contributed by atoms with Crippen molar-refractivity contribution in [3.05, 3.63) is 33.5 Å². The summed E-state index contributed by atoms with van der Waals surface area (Å²) in [4.78, 5) is 9.97. The molecule has 0 amide bonds. The number of hydrogen-bond donors (Lipinski definition) is 2. The van der Waals surface area contributed by atoms with E-state index >= 15 is 0 Å². The van der Waals surface area contributed by atoms with Crippen molar-refractivity contribution in [1.82, 2.24) is 25.4 Å². The Kier molecular flexibility index (Phi) is 7.09. The summed E-state index contributed by atoms with van der Waals surface area (Å²) in [5.74, 6) is 0.761. The molecule has 116 valence electrons. The Labute approximate surface area is 146 Å². The van der Waals surface area contributed by atoms with Gasteiger partial charge in [0.05, 0.1) is 24.5 Å². The molecule has 0 atom stereocenters. The smallest absolute Gasteiger partial charge is 0.191 e. The zero-order valence-corrected chi connectivity index (χ0v) is 15.8. The molecule has 8 heteroatoms. The molecule has 0 bridgehead atoms. The number of aryl methyl sites for hydroxylation is 3. The molecule has 0 aliphatic rings. The third kappa shape index (κ3) is 4.95. The van der Waals surface area contributed by atoms with Crippen LogP contribution in [0.3, 0.4) is 0 Å². The molecule has 2 aromatic rings. The van der Waals surface area contributed by atoms with Crippen LogP contribution in [0.4, 0.5) is 0 Å². The normalized spacial score (nSPS) is 11.1. The SMILES string of the molecule is CN=C(NCc1nc(C)c(C)s1)NCc1ccnn1C.I. The molecule has 0 unspecified atom stereocenters. The Morgan fingerprint density at radius 3 is 2.57 bits per heavy atom. The minimum atomic E-state index is 0. The number of nitrogens with one attached hydrogen (secondary N) is 2. The van der Waals surface area contributed by atoms with Gasteiger partial charge in [-0.3, -0.25) is 9.67 Å². The first-order chi connectivity index (χ1) is 9.60. The van der Waals surface area contributed by atoms with Gasteiger partial charge in [-0.1, -0.05) is 0 Å². The van der Waals surface area contributed by atoms with Crippen molar-refractivity contribution in [2.75, 3.05) is 7.05 Å². The molecule has 2 heterocycles. The molecule has 21 heavy (non-hydrogen) atoms. The van der Waals surface area contributed by atoms with Crippen LogP contribution < -0.4 is 10.6 Å². The van der Waals surface area contributed by atoms with Crippen LogP contribution in [0, 0.1) is 13.8 Å². The largest absolute Gasteiger partial charge is 0.351 e. The van der Waals surface area contributed by atoms with E-state index in [1.165, 1.54) is 4.88 Å². The van der Waals surface area contributed by atoms with E-state index in [-0.39, 0.29) is 24.0 Å². The zero-order valence-electron chi connectivity index (χ0n) is 12.7. The number of aliphatic imine (C=N–C) groups is 1. The fraction of sp³-hybridized carbons (Fsp3) is 0.462. The van der Waals surface area contributed by atoms with Crippen LogP contribution in [0.1, 0.15) is 21.3 Å². The molecule has 0 saturated heterocycles. The monoisotopic (exact) mass is 420 g/mol. The third-order valence-electron chi connectivity index (χ3n) is 3.06. The van der Waals surface area contributed by atoms with Crippen LogP contribution in [0.25, 0.3) is 0 Å². The molecule has 0 fully saturated rings. The van der Waals surface area contributed by atoms with Gasteiger partial charge in [0.25, 0.3) is 0 Å². The predicted octanol–water partition coefficient (Wildman–Crippen LogP) is 1.98. The molecule has 6 nitrogen and oxygen atoms in total. The van der Waals surface area contributed by atoms with Crippen LogP contribution in [-0.2, 0) is 20.1 Å². The summed E-state index contributed by atoms with van der Waals surface area (Å²) < 4.78 is 1.84. The number of guanidine groups is 1. The molecule has 2 rings (SSSR count). The van der Waals surface area contributed by atoms with E-state index in [1.54, 1.807) is 24.6 Å². The Morgan fingerprint density at radius 2 is 2.05 bits per heavy atom. The lowest BCUT2D eigenvalue weighted by Gasteiger charge is -2.10. The molecule has 2 aromatic heterocycles. The quantitative estimate of drug-likeness (QED) is 0.451. The average Bonchev–Trinajstić information content (AvgIpc) is 2.97. The first-order valence-corrected chi connectivity index (χ1v) is 7.26. The second-order valence-corrected chi connectivity index (χ2v) is 5.76. The van der Waals surface area contributed by atoms with E-state index < -0.39 is 0 Å². The van der Waals surface area contributed by atoms with Gasteiger partial charge < -0.3 is 10.6 Å². The first-order valence-electron chi connectivity index (χ1n) is 6.44. The lowest BCUT2D eigenvalue weighted by atomic mass is 10.4. The van der Waals surface area contributed by atoms with E-state index in [4.69, 9.17) is 0 Å². The fourth-order valence-electron chi connectivity index (χ4n) is 1.74. The number of nitrogens with zero attached hydrogens (tertiary/aromatic N) is 4. The van der Waals surface area contributed by atoms with Crippen molar-refractivity contribution >= 4 is 41.3 Å². The second kappa shape index (κ2) is 8.32. The topological polar surface area (TPSA) is 67.1 Å². The molecule has 2 N–H and O–H groups in total. The maximum atomic E-state index is 4.50. The second-order valence-electron chi connectivity index (χ2n) is 4.47. The Balaban J connectivity index is 0.00000220. The van der Waals surface area contributed by atoms with Crippen LogP contribution in [0.15, 0.2) is 17.3 Å². The van der Waals surface area contributed by atoms with E-state index in [1.807, 2.05) is 24.7 Å². The Bertz CT molecular complexity index is 584. The van der Waals surface area contributed by atoms with Gasteiger partial charge in [0.2, 0.25) is 0 Å². The van der Waals surface area contributed by atoms with Crippen LogP contribution in [0.5, 0.6) is 0 Å². The van der Waals surface area contributed by atoms with Gasteiger partial charge in [0.1, 0.15) is 5.01 Å². The highest BCUT2D eigenvalue weighted by Crippen LogP contribution is 2.15. The maximum Gasteiger partial charge on any atom is 0.191 e. The predicted molar refractivity (Wildman–Crippen MR) is 97.2 cm³/mol. The van der Waals surface area contributed by atoms with Crippen molar-refractivity contribution in [2.24, 2.45) is 12.0 Å². The molecule has 0 aliphatic carbocycles. The number of halogens is 1. The van der Waals surface area contributed by atoms with Crippen molar-refractivity contribution < 1.29 is 0 Å². The van der Waals surface area contributed by atoms with Crippen molar-refractivity contribution in [1.29, 1.82) is 0 Å². The first kappa shape index (κ1) is 17.9. The van der Waals surface area contributed by atoms with Gasteiger partial charge in [-0.2, -0.15) is 5.10 Å². The fourth-order valence-corrected chi connectivity index (χ4v) is 2.62. The molecular formula is C13H21IN6S. The average molecular weight is 420 g/mol. The number of hydrogen-bond acceptors (Lipinski definition) is 4. The van der Waals surface area contributed by atoms with Gasteiger partial charge >= 0.3 is 0 Å². The Hall–Kier alpha value is -1.16. The summed E-state index contributed by atoms with van der Waals surface area (Å²) in [6.07, 6.45) is 1.79. The summed E-state index contributed by atoms with van der Waals surface area (Å²) in [6.45, 7) is 5.49. The standard InChI is InChI=1S/C13H20N6S.HI/c1-9-10(2)20-12(18-9)8-16-13(14-3)15-7-11-5-6-17-19(11)4;/h5-6H,7-8H2,1-4H3,(H2,14,15,16);1H. The highest BCUT2D eigenvalue weighted by molar-refractivity contribution is 14.0. The zero-order chi connectivity index (χ0) is 14.5. The van der Waals surface area contributed by atoms with Crippen molar-refractivity contribution in [3.8, 4) is 0 Å². The molecule has 0 radical (unpaired) electrons. The van der Waals surface area contributed by atoms with Crippen molar-refractivity contribution in [2.45, 2.75) is 26.9 Å². The minimum Gasteiger partial charge on any atom is -0.351 e. The third-order valence-corrected chi connectivity index (χ3v) is 4.14. The van der Waals surface area contributed by atoms with Crippen LogP contribution >= 0.6 is 35.3 Å². The van der Waals surface area contributed by atoms with Gasteiger partial charge in [0, 0.05) is 25.2 Å². The van der Waals surface area contributed by atoms with E-state index in [2.05, 4.69) is 32.6 Å². The summed E-state index contributed by atoms with van der Waals surface area (Å²) in [5, 5.41) is 11.7. The molecule has 0 aliphatic heterocycles. The molecule has 0 aromatic carbocycles. The summed E-state index contributed by atoms with van der Waals surface area (Å²) in [7, 11) is 3.69. The summed E-state index contributed by atoms with van der Waals surface area (Å²) in [6, 6.07) is 1.98. The summed E-state index contributed by atoms with van der Waals surface area (Å²) in [5.41, 5.74) is 2.21. The van der Waals surface area contributed by atoms with Crippen molar-refractivity contribution in [3.63, 3.8) is 0 Å². The highest BCUT2D eigenvalue weighted by atomic mass is 127. The van der Waals surface area contributed by atoms with Gasteiger partial charge in [0.15, 0.2) is 5.96 Å². The van der Waals surface area contributed by atoms with Gasteiger partial charge in [-0.15, -0.1) is 35.3 Å². The lowest BCUT2D eigenvalue weighted by molar-refractivity contribution is 0.684. The van der Waals surface area contributed by atoms with E-state index in [0.717, 1.165) is 22.4 Å². The lowest BCUT2D eigenvalue weighted by Crippen LogP contribution is -2.36. The minimum absolute atomic E-state index is 0. The molecular weight excluding hydrogens is 399 g/mol. The van der Waals surface area contributed by atoms with Gasteiger partial charge in [-0.05, 0) is 19.9 Å². The van der Waals surface area contributed by atoms with E-state index in [9.17, 15) is 0 Å². The highest BCUT2D eigenvalue weighted by Gasteiger charge is 2.05. The molecule has 0 saturated carbocycles. The number of rotatable bonds is 4. The van der Waals surface area contributed by atoms with Gasteiger partial charge in [-0.25, -0.2) is 4.98 Å². The number of aromatic nitrogens is 3. The summed E-state index contributed by atoms with van der Waals surface area (Å²) >= 11 is 1.71. The van der Waals surface area contributed by atoms with E-state index in [0.29, 0.717) is 13.1 Å². The number of thiazole rings is 1. The molecule has 0 spiro atoms. The maximum absolute atomic E-state index is 4.50.